The van der Waals surface area contributed by atoms with Crippen LogP contribution < -0.4 is 24.8 Å². The van der Waals surface area contributed by atoms with Crippen LogP contribution in [0.25, 0.3) is 0 Å². The average molecular weight is 424 g/mol. The molecule has 0 aliphatic heterocycles. The van der Waals surface area contributed by atoms with Gasteiger partial charge in [-0.1, -0.05) is 6.07 Å². The molecule has 0 aliphatic carbocycles. The number of ether oxygens (including phenoxy) is 3. The topological polar surface area (TPSA) is 77.0 Å². The van der Waals surface area contributed by atoms with Gasteiger partial charge in [-0.25, -0.2) is 9.37 Å². The highest BCUT2D eigenvalue weighted by molar-refractivity contribution is 5.93. The summed E-state index contributed by atoms with van der Waals surface area (Å²) in [6, 6.07) is 15.0. The fourth-order valence-electron chi connectivity index (χ4n) is 2.72. The summed E-state index contributed by atoms with van der Waals surface area (Å²) in [6.45, 7) is 3.00. The largest absolute Gasteiger partial charge is 0.493 e. The lowest BCUT2D eigenvalue weighted by molar-refractivity contribution is 0.311. The Hall–Kier alpha value is -3.81. The number of benzene rings is 2. The zero-order valence-corrected chi connectivity index (χ0v) is 17.7. The fraction of sp³-hybridized carbons (Fsp3) is 0.217. The maximum Gasteiger partial charge on any atom is 0.219 e. The third kappa shape index (κ3) is 6.33. The molecule has 0 saturated heterocycles. The molecule has 3 aromatic rings. The minimum absolute atomic E-state index is 0.313. The highest BCUT2D eigenvalue weighted by atomic mass is 19.1. The highest BCUT2D eigenvalue weighted by Crippen LogP contribution is 2.30. The van der Waals surface area contributed by atoms with Crippen LogP contribution in [0, 0.1) is 5.82 Å². The number of nitrogens with zero attached hydrogens (tertiary/aromatic N) is 2. The summed E-state index contributed by atoms with van der Waals surface area (Å²) >= 11 is 0. The van der Waals surface area contributed by atoms with Crippen molar-refractivity contribution in [2.45, 2.75) is 13.5 Å². The van der Waals surface area contributed by atoms with Crippen molar-refractivity contribution >= 4 is 11.6 Å². The van der Waals surface area contributed by atoms with Gasteiger partial charge in [-0.05, 0) is 48.9 Å². The van der Waals surface area contributed by atoms with Crippen molar-refractivity contribution in [1.82, 2.24) is 10.3 Å². The second-order valence-electron chi connectivity index (χ2n) is 6.41. The van der Waals surface area contributed by atoms with E-state index in [0.29, 0.717) is 42.2 Å². The Morgan fingerprint density at radius 1 is 1.06 bits per heavy atom. The molecule has 0 saturated carbocycles. The number of aliphatic imine (C=N–C) groups is 1. The third-order valence-electron chi connectivity index (χ3n) is 4.24. The number of anilines is 1. The van der Waals surface area contributed by atoms with E-state index in [1.807, 2.05) is 31.2 Å². The number of hydrogen-bond donors (Lipinski definition) is 2. The smallest absolute Gasteiger partial charge is 0.219 e. The van der Waals surface area contributed by atoms with E-state index in [4.69, 9.17) is 14.2 Å². The van der Waals surface area contributed by atoms with Crippen LogP contribution in [0.15, 0.2) is 65.8 Å². The molecule has 0 bridgehead atoms. The van der Waals surface area contributed by atoms with Gasteiger partial charge in [0.1, 0.15) is 11.6 Å². The van der Waals surface area contributed by atoms with Crippen LogP contribution in [0.5, 0.6) is 23.1 Å². The first-order chi connectivity index (χ1) is 15.1. The van der Waals surface area contributed by atoms with Crippen molar-refractivity contribution < 1.29 is 18.6 Å². The Balaban J connectivity index is 1.56. The van der Waals surface area contributed by atoms with Gasteiger partial charge in [0.2, 0.25) is 5.88 Å². The average Bonchev–Trinajstić information content (AvgIpc) is 2.80. The van der Waals surface area contributed by atoms with Crippen molar-refractivity contribution in [2.75, 3.05) is 26.1 Å². The first-order valence-corrected chi connectivity index (χ1v) is 9.78. The monoisotopic (exact) mass is 424 g/mol. The molecule has 7 nitrogen and oxygen atoms in total. The molecule has 0 radical (unpaired) electrons. The standard InChI is InChI=1S/C23H25FN4O3/c1-4-30-20-11-8-18(13-21(20)29-3)28-23(25-2)27-15-16-5-12-22(26-14-16)31-19-9-6-17(24)7-10-19/h5-14H,4,15H2,1-3H3,(H2,25,27,28). The number of aromatic nitrogens is 1. The van der Waals surface area contributed by atoms with E-state index >= 15 is 0 Å². The van der Waals surface area contributed by atoms with Crippen LogP contribution in [0.4, 0.5) is 10.1 Å². The summed E-state index contributed by atoms with van der Waals surface area (Å²) in [7, 11) is 3.30. The van der Waals surface area contributed by atoms with E-state index < -0.39 is 0 Å². The molecular formula is C23H25FN4O3. The van der Waals surface area contributed by atoms with Gasteiger partial charge >= 0.3 is 0 Å². The Morgan fingerprint density at radius 3 is 2.52 bits per heavy atom. The van der Waals surface area contributed by atoms with E-state index in [0.717, 1.165) is 11.3 Å². The second kappa shape index (κ2) is 10.8. The molecule has 1 heterocycles. The lowest BCUT2D eigenvalue weighted by atomic mass is 10.2. The summed E-state index contributed by atoms with van der Waals surface area (Å²) in [5, 5.41) is 6.45. The van der Waals surface area contributed by atoms with Crippen molar-refractivity contribution in [3.63, 3.8) is 0 Å². The lowest BCUT2D eigenvalue weighted by Crippen LogP contribution is -2.30. The number of pyridine rings is 1. The summed E-state index contributed by atoms with van der Waals surface area (Å²) in [6.07, 6.45) is 1.71. The molecule has 0 spiro atoms. The summed E-state index contributed by atoms with van der Waals surface area (Å²) in [5.41, 5.74) is 1.76. The maximum absolute atomic E-state index is 13.0. The number of hydrogen-bond acceptors (Lipinski definition) is 5. The predicted octanol–water partition coefficient (Wildman–Crippen LogP) is 4.61. The van der Waals surface area contributed by atoms with Crippen molar-refractivity contribution in [2.24, 2.45) is 4.99 Å². The minimum Gasteiger partial charge on any atom is -0.493 e. The zero-order chi connectivity index (χ0) is 22.1. The molecule has 2 N–H and O–H groups in total. The lowest BCUT2D eigenvalue weighted by Gasteiger charge is -2.14. The van der Waals surface area contributed by atoms with Crippen LogP contribution in [-0.4, -0.2) is 31.7 Å². The van der Waals surface area contributed by atoms with Gasteiger partial charge < -0.3 is 24.8 Å². The molecule has 0 atom stereocenters. The van der Waals surface area contributed by atoms with E-state index in [-0.39, 0.29) is 5.82 Å². The molecule has 0 unspecified atom stereocenters. The van der Waals surface area contributed by atoms with Gasteiger partial charge in [0.25, 0.3) is 0 Å². The Bertz CT molecular complexity index is 1010. The van der Waals surface area contributed by atoms with E-state index in [9.17, 15) is 4.39 Å². The Labute approximate surface area is 180 Å². The summed E-state index contributed by atoms with van der Waals surface area (Å²) in [4.78, 5) is 8.53. The van der Waals surface area contributed by atoms with Crippen LogP contribution in [0.1, 0.15) is 12.5 Å². The summed E-state index contributed by atoms with van der Waals surface area (Å²) in [5.74, 6) is 2.57. The first kappa shape index (κ1) is 21.9. The van der Waals surface area contributed by atoms with Gasteiger partial charge in [-0.15, -0.1) is 0 Å². The maximum atomic E-state index is 13.0. The van der Waals surface area contributed by atoms with E-state index in [2.05, 4.69) is 20.6 Å². The number of nitrogens with one attached hydrogen (secondary N) is 2. The second-order valence-corrected chi connectivity index (χ2v) is 6.41. The zero-order valence-electron chi connectivity index (χ0n) is 17.7. The van der Waals surface area contributed by atoms with Gasteiger partial charge in [0.05, 0.1) is 13.7 Å². The minimum atomic E-state index is -0.313. The number of rotatable bonds is 8. The number of halogens is 1. The fourth-order valence-corrected chi connectivity index (χ4v) is 2.72. The van der Waals surface area contributed by atoms with Crippen molar-refractivity contribution in [3.05, 3.63) is 72.2 Å². The van der Waals surface area contributed by atoms with Gasteiger partial charge in [0, 0.05) is 37.6 Å². The van der Waals surface area contributed by atoms with Crippen molar-refractivity contribution in [1.29, 1.82) is 0 Å². The highest BCUT2D eigenvalue weighted by Gasteiger charge is 2.07. The molecule has 0 amide bonds. The van der Waals surface area contributed by atoms with Crippen LogP contribution in [0.2, 0.25) is 0 Å². The van der Waals surface area contributed by atoms with Gasteiger partial charge in [-0.2, -0.15) is 0 Å². The molecule has 3 rings (SSSR count). The quantitative estimate of drug-likeness (QED) is 0.406. The van der Waals surface area contributed by atoms with Crippen LogP contribution >= 0.6 is 0 Å². The van der Waals surface area contributed by atoms with E-state index in [1.54, 1.807) is 38.6 Å². The van der Waals surface area contributed by atoms with E-state index in [1.165, 1.54) is 12.1 Å². The molecule has 162 valence electrons. The summed E-state index contributed by atoms with van der Waals surface area (Å²) < 4.78 is 29.5. The molecule has 0 fully saturated rings. The number of methoxy groups -OCH3 is 1. The van der Waals surface area contributed by atoms with Crippen LogP contribution in [-0.2, 0) is 6.54 Å². The Kier molecular flexibility index (Phi) is 7.64. The van der Waals surface area contributed by atoms with Crippen molar-refractivity contribution in [3.8, 4) is 23.1 Å². The molecule has 31 heavy (non-hydrogen) atoms. The normalized spacial score (nSPS) is 11.0. The SMILES string of the molecule is CCOc1ccc(NC(=NC)NCc2ccc(Oc3ccc(F)cc3)nc2)cc1OC. The van der Waals surface area contributed by atoms with Crippen LogP contribution in [0.3, 0.4) is 0 Å². The molecule has 1 aromatic heterocycles. The van der Waals surface area contributed by atoms with Gasteiger partial charge in [0.15, 0.2) is 17.5 Å². The molecule has 0 aliphatic rings. The third-order valence-corrected chi connectivity index (χ3v) is 4.24. The molecule has 8 heteroatoms. The number of guanidine groups is 1. The molecular weight excluding hydrogens is 399 g/mol. The van der Waals surface area contributed by atoms with Gasteiger partial charge in [-0.3, -0.25) is 4.99 Å². The Morgan fingerprint density at radius 2 is 1.87 bits per heavy atom. The first-order valence-electron chi connectivity index (χ1n) is 9.78. The molecule has 2 aromatic carbocycles. The predicted molar refractivity (Wildman–Crippen MR) is 119 cm³/mol.